The van der Waals surface area contributed by atoms with Crippen molar-refractivity contribution in [1.82, 2.24) is 4.72 Å². The summed E-state index contributed by atoms with van der Waals surface area (Å²) < 4.78 is 28.5. The Morgan fingerprint density at radius 2 is 1.47 bits per heavy atom. The summed E-state index contributed by atoms with van der Waals surface area (Å²) in [6.07, 6.45) is 0.0586. The van der Waals surface area contributed by atoms with Crippen LogP contribution < -0.4 is 10.0 Å². The van der Waals surface area contributed by atoms with Gasteiger partial charge in [0.1, 0.15) is 10.9 Å². The average molecular weight is 553 g/mol. The highest BCUT2D eigenvalue weighted by Crippen LogP contribution is 2.32. The summed E-state index contributed by atoms with van der Waals surface area (Å²) in [7, 11) is -4.20. The van der Waals surface area contributed by atoms with Crippen molar-refractivity contribution < 1.29 is 13.2 Å². The lowest BCUT2D eigenvalue weighted by Crippen LogP contribution is -2.45. The number of carbonyl (C=O) groups excluding carboxylic acids is 1. The normalized spacial score (nSPS) is 12.4. The maximum absolute atomic E-state index is 13.1. The van der Waals surface area contributed by atoms with E-state index in [1.807, 2.05) is 6.07 Å². The highest BCUT2D eigenvalue weighted by Gasteiger charge is 2.28. The van der Waals surface area contributed by atoms with Crippen molar-refractivity contribution in [3.63, 3.8) is 0 Å². The van der Waals surface area contributed by atoms with Crippen molar-refractivity contribution in [3.05, 3.63) is 91.3 Å². The van der Waals surface area contributed by atoms with Crippen LogP contribution in [0.2, 0.25) is 25.1 Å². The van der Waals surface area contributed by atoms with Gasteiger partial charge < -0.3 is 5.32 Å². The van der Waals surface area contributed by atoms with Crippen LogP contribution in [0.15, 0.2) is 65.6 Å². The summed E-state index contributed by atoms with van der Waals surface area (Å²) in [4.78, 5) is 12.8. The number of carbonyl (C=O) groups is 1. The van der Waals surface area contributed by atoms with Crippen LogP contribution in [-0.2, 0) is 21.2 Å². The van der Waals surface area contributed by atoms with Gasteiger partial charge in [0.25, 0.3) is 0 Å². The molecule has 0 unspecified atom stereocenters. The molecule has 32 heavy (non-hydrogen) atoms. The van der Waals surface area contributed by atoms with Crippen LogP contribution in [0.5, 0.6) is 0 Å². The van der Waals surface area contributed by atoms with Gasteiger partial charge in [-0.2, -0.15) is 4.72 Å². The lowest BCUT2D eigenvalue weighted by atomic mass is 10.1. The van der Waals surface area contributed by atoms with Gasteiger partial charge in [0.2, 0.25) is 15.9 Å². The monoisotopic (exact) mass is 550 g/mol. The second-order valence-corrected chi connectivity index (χ2v) is 10.4. The minimum atomic E-state index is -4.20. The average Bonchev–Trinajstić information content (AvgIpc) is 2.73. The van der Waals surface area contributed by atoms with Gasteiger partial charge >= 0.3 is 0 Å². The Balaban J connectivity index is 1.94. The summed E-state index contributed by atoms with van der Waals surface area (Å²) in [5.74, 6) is -0.657. The summed E-state index contributed by atoms with van der Waals surface area (Å²) in [5.41, 5.74) is 0.914. The summed E-state index contributed by atoms with van der Waals surface area (Å²) >= 11 is 30.1. The van der Waals surface area contributed by atoms with Gasteiger partial charge in [-0.15, -0.1) is 0 Å². The Hall–Kier alpha value is -1.51. The molecule has 0 aliphatic rings. The third-order valence-corrected chi connectivity index (χ3v) is 7.57. The van der Waals surface area contributed by atoms with E-state index in [2.05, 4.69) is 10.0 Å². The SMILES string of the molecule is O=C(Nc1cc(Cl)c(Cl)cc1Cl)[C@@H](Cc1ccccc1)NS(=O)(=O)c1cc(Cl)ccc1Cl. The van der Waals surface area contributed by atoms with Crippen molar-refractivity contribution in [1.29, 1.82) is 0 Å². The van der Waals surface area contributed by atoms with E-state index in [-0.39, 0.29) is 42.1 Å². The third-order valence-electron chi connectivity index (χ3n) is 4.35. The van der Waals surface area contributed by atoms with Gasteiger partial charge in [-0.05, 0) is 42.3 Å². The fraction of sp³-hybridized carbons (Fsp3) is 0.0952. The van der Waals surface area contributed by atoms with Crippen LogP contribution in [0, 0.1) is 0 Å². The van der Waals surface area contributed by atoms with E-state index < -0.39 is 22.0 Å². The smallest absolute Gasteiger partial charge is 0.242 e. The van der Waals surface area contributed by atoms with Gasteiger partial charge in [0.15, 0.2) is 0 Å². The van der Waals surface area contributed by atoms with Crippen LogP contribution in [0.1, 0.15) is 5.56 Å². The Morgan fingerprint density at radius 1 is 0.812 bits per heavy atom. The van der Waals surface area contributed by atoms with Crippen molar-refractivity contribution >= 4 is 79.6 Å². The molecular weight excluding hydrogens is 538 g/mol. The lowest BCUT2D eigenvalue weighted by molar-refractivity contribution is -0.117. The number of benzene rings is 3. The van der Waals surface area contributed by atoms with Crippen molar-refractivity contribution in [2.45, 2.75) is 17.4 Å². The Labute approximate surface area is 210 Å². The molecule has 3 rings (SSSR count). The number of rotatable bonds is 7. The molecule has 11 heteroatoms. The predicted octanol–water partition coefficient (Wildman–Crippen LogP) is 6.48. The zero-order chi connectivity index (χ0) is 23.5. The highest BCUT2D eigenvalue weighted by molar-refractivity contribution is 7.89. The zero-order valence-electron chi connectivity index (χ0n) is 16.1. The van der Waals surface area contributed by atoms with E-state index in [1.54, 1.807) is 24.3 Å². The minimum absolute atomic E-state index is 0.0340. The molecule has 1 atom stereocenters. The first-order valence-electron chi connectivity index (χ1n) is 9.03. The quantitative estimate of drug-likeness (QED) is 0.330. The van der Waals surface area contributed by atoms with Crippen molar-refractivity contribution in [3.8, 4) is 0 Å². The molecule has 3 aromatic rings. The van der Waals surface area contributed by atoms with E-state index in [1.165, 1.54) is 30.3 Å². The second kappa shape index (κ2) is 10.6. The predicted molar refractivity (Wildman–Crippen MR) is 131 cm³/mol. The van der Waals surface area contributed by atoms with Gasteiger partial charge in [0.05, 0.1) is 25.8 Å². The molecular formula is C21H15Cl5N2O3S. The molecule has 0 saturated heterocycles. The molecule has 0 radical (unpaired) electrons. The van der Waals surface area contributed by atoms with E-state index in [9.17, 15) is 13.2 Å². The van der Waals surface area contributed by atoms with E-state index in [4.69, 9.17) is 58.0 Å². The molecule has 0 fully saturated rings. The maximum atomic E-state index is 13.1. The number of halogens is 5. The molecule has 0 aromatic heterocycles. The lowest BCUT2D eigenvalue weighted by Gasteiger charge is -2.20. The molecule has 3 aromatic carbocycles. The van der Waals surface area contributed by atoms with Crippen molar-refractivity contribution in [2.24, 2.45) is 0 Å². The third kappa shape index (κ3) is 6.29. The first-order chi connectivity index (χ1) is 15.1. The van der Waals surface area contributed by atoms with Crippen LogP contribution >= 0.6 is 58.0 Å². The van der Waals surface area contributed by atoms with Gasteiger partial charge in [-0.3, -0.25) is 4.79 Å². The van der Waals surface area contributed by atoms with Crippen LogP contribution in [0.3, 0.4) is 0 Å². The zero-order valence-corrected chi connectivity index (χ0v) is 20.7. The highest BCUT2D eigenvalue weighted by atomic mass is 35.5. The fourth-order valence-electron chi connectivity index (χ4n) is 2.81. The van der Waals surface area contributed by atoms with E-state index >= 15 is 0 Å². The Morgan fingerprint density at radius 3 is 2.16 bits per heavy atom. The molecule has 0 saturated carbocycles. The molecule has 0 aliphatic carbocycles. The maximum Gasteiger partial charge on any atom is 0.242 e. The topological polar surface area (TPSA) is 75.3 Å². The Kier molecular flexibility index (Phi) is 8.33. The number of nitrogens with one attached hydrogen (secondary N) is 2. The van der Waals surface area contributed by atoms with E-state index in [0.717, 1.165) is 5.56 Å². The standard InChI is InChI=1S/C21H15Cl5N2O3S/c22-13-6-7-14(23)20(9-13)32(30,31)28-19(8-12-4-2-1-3-5-12)21(29)27-18-11-16(25)15(24)10-17(18)26/h1-7,9-11,19,28H,8H2,(H,27,29)/t19-/m1/s1. The Bertz CT molecular complexity index is 1250. The fourth-order valence-corrected chi connectivity index (χ4v) is 5.36. The summed E-state index contributed by atoms with van der Waals surface area (Å²) in [6.45, 7) is 0. The van der Waals surface area contributed by atoms with Gasteiger partial charge in [0, 0.05) is 5.02 Å². The molecule has 5 nitrogen and oxygen atoms in total. The summed E-state index contributed by atoms with van der Waals surface area (Å²) in [6, 6.07) is 14.5. The molecule has 1 amide bonds. The number of amides is 1. The largest absolute Gasteiger partial charge is 0.323 e. The minimum Gasteiger partial charge on any atom is -0.323 e. The molecule has 0 spiro atoms. The van der Waals surface area contributed by atoms with Crippen LogP contribution in [-0.4, -0.2) is 20.4 Å². The number of sulfonamides is 1. The number of hydrogen-bond donors (Lipinski definition) is 2. The van der Waals surface area contributed by atoms with Crippen LogP contribution in [0.25, 0.3) is 0 Å². The first-order valence-corrected chi connectivity index (χ1v) is 12.4. The first kappa shape index (κ1) is 25.1. The molecule has 0 heterocycles. The van der Waals surface area contributed by atoms with Gasteiger partial charge in [-0.25, -0.2) is 8.42 Å². The van der Waals surface area contributed by atoms with Crippen LogP contribution in [0.4, 0.5) is 5.69 Å². The number of hydrogen-bond acceptors (Lipinski definition) is 3. The van der Waals surface area contributed by atoms with Crippen molar-refractivity contribution in [2.75, 3.05) is 5.32 Å². The summed E-state index contributed by atoms with van der Waals surface area (Å²) in [5, 5.41) is 3.28. The second-order valence-electron chi connectivity index (χ2n) is 6.67. The number of anilines is 1. The molecule has 0 bridgehead atoms. The van der Waals surface area contributed by atoms with Gasteiger partial charge in [-0.1, -0.05) is 88.3 Å². The molecule has 168 valence electrons. The molecule has 0 aliphatic heterocycles. The molecule has 2 N–H and O–H groups in total. The van der Waals surface area contributed by atoms with E-state index in [0.29, 0.717) is 0 Å².